The minimum atomic E-state index is -0.508. The molecule has 0 radical (unpaired) electrons. The van der Waals surface area contributed by atoms with Crippen LogP contribution < -0.4 is 5.73 Å². The molecule has 1 amide bonds. The van der Waals surface area contributed by atoms with E-state index in [0.717, 1.165) is 0 Å². The summed E-state index contributed by atoms with van der Waals surface area (Å²) in [6.45, 7) is 8.31. The summed E-state index contributed by atoms with van der Waals surface area (Å²) in [5.41, 5.74) is 4.36. The predicted molar refractivity (Wildman–Crippen MR) is 64.6 cm³/mol. The van der Waals surface area contributed by atoms with Gasteiger partial charge < -0.3 is 15.4 Å². The maximum absolute atomic E-state index is 11.8. The summed E-state index contributed by atoms with van der Waals surface area (Å²) in [7, 11) is 0. The van der Waals surface area contributed by atoms with Gasteiger partial charge in [0.15, 0.2) is 5.78 Å². The van der Waals surface area contributed by atoms with Crippen LogP contribution in [0.3, 0.4) is 0 Å². The summed E-state index contributed by atoms with van der Waals surface area (Å²) in [6.07, 6.45) is 0.300. The minimum Gasteiger partial charge on any atom is -0.444 e. The zero-order chi connectivity index (χ0) is 13.3. The van der Waals surface area contributed by atoms with Gasteiger partial charge in [0.2, 0.25) is 0 Å². The number of hydrogen-bond donors (Lipinski definition) is 1. The second-order valence-corrected chi connectivity index (χ2v) is 5.84. The lowest BCUT2D eigenvalue weighted by Crippen LogP contribution is -2.40. The van der Waals surface area contributed by atoms with Crippen molar-refractivity contribution in [2.75, 3.05) is 19.6 Å². The van der Waals surface area contributed by atoms with Crippen molar-refractivity contribution in [2.45, 2.75) is 39.7 Å². The number of rotatable bonds is 2. The summed E-state index contributed by atoms with van der Waals surface area (Å²) in [5.74, 6) is 0.00330. The van der Waals surface area contributed by atoms with Crippen LogP contribution in [0.2, 0.25) is 0 Å². The van der Waals surface area contributed by atoms with Gasteiger partial charge in [0, 0.05) is 18.5 Å². The summed E-state index contributed by atoms with van der Waals surface area (Å²) >= 11 is 0. The minimum absolute atomic E-state index is 0.00330. The topological polar surface area (TPSA) is 72.6 Å². The predicted octanol–water partition coefficient (Wildman–Crippen LogP) is 1.16. The van der Waals surface area contributed by atoms with Gasteiger partial charge in [0.25, 0.3) is 0 Å². The summed E-state index contributed by atoms with van der Waals surface area (Å²) in [5, 5.41) is 0. The van der Waals surface area contributed by atoms with E-state index < -0.39 is 11.0 Å². The second-order valence-electron chi connectivity index (χ2n) is 5.84. The monoisotopic (exact) mass is 242 g/mol. The van der Waals surface area contributed by atoms with Crippen LogP contribution in [0.25, 0.3) is 0 Å². The number of nitrogens with two attached hydrogens (primary N) is 1. The highest BCUT2D eigenvalue weighted by Gasteiger charge is 2.42. The normalized spacial score (nSPS) is 24.9. The first-order chi connectivity index (χ1) is 7.68. The van der Waals surface area contributed by atoms with Crippen LogP contribution in [0.1, 0.15) is 34.1 Å². The van der Waals surface area contributed by atoms with Gasteiger partial charge in [-0.15, -0.1) is 0 Å². The Balaban J connectivity index is 2.62. The lowest BCUT2D eigenvalue weighted by molar-refractivity contribution is -0.125. The number of Topliss-reactive ketones (excluding diaryl/α,β-unsaturated/α-hetero) is 1. The van der Waals surface area contributed by atoms with E-state index in [1.54, 1.807) is 4.90 Å². The third-order valence-electron chi connectivity index (χ3n) is 2.98. The van der Waals surface area contributed by atoms with Gasteiger partial charge >= 0.3 is 6.09 Å². The van der Waals surface area contributed by atoms with E-state index in [1.165, 1.54) is 0 Å². The number of carbonyl (C=O) groups is 2. The fourth-order valence-corrected chi connectivity index (χ4v) is 1.92. The molecule has 98 valence electrons. The van der Waals surface area contributed by atoms with Gasteiger partial charge in [-0.1, -0.05) is 6.92 Å². The molecule has 1 unspecified atom stereocenters. The molecule has 5 heteroatoms. The molecule has 0 aromatic heterocycles. The van der Waals surface area contributed by atoms with Gasteiger partial charge in [-0.2, -0.15) is 0 Å². The van der Waals surface area contributed by atoms with Crippen LogP contribution in [0.4, 0.5) is 4.79 Å². The van der Waals surface area contributed by atoms with Crippen LogP contribution in [0, 0.1) is 5.41 Å². The number of carbonyl (C=O) groups excluding carboxylic acids is 2. The SMILES string of the molecule is CC(C)(C)OC(=O)N1CCC(C)(C(=O)CN)C1. The summed E-state index contributed by atoms with van der Waals surface area (Å²) in [4.78, 5) is 25.1. The molecule has 1 fully saturated rings. The Bertz CT molecular complexity index is 322. The molecule has 1 heterocycles. The fraction of sp³-hybridized carbons (Fsp3) is 0.833. The Hall–Kier alpha value is -1.10. The van der Waals surface area contributed by atoms with E-state index in [0.29, 0.717) is 19.5 Å². The molecular formula is C12H22N2O3. The lowest BCUT2D eigenvalue weighted by atomic mass is 9.85. The highest BCUT2D eigenvalue weighted by atomic mass is 16.6. The van der Waals surface area contributed by atoms with Gasteiger partial charge in [-0.3, -0.25) is 4.79 Å². The van der Waals surface area contributed by atoms with Crippen LogP contribution in [-0.2, 0) is 9.53 Å². The van der Waals surface area contributed by atoms with Crippen LogP contribution in [-0.4, -0.2) is 42.0 Å². The van der Waals surface area contributed by atoms with Crippen molar-refractivity contribution in [1.29, 1.82) is 0 Å². The number of nitrogens with zero attached hydrogens (tertiary/aromatic N) is 1. The highest BCUT2D eigenvalue weighted by molar-refractivity contribution is 5.87. The zero-order valence-corrected chi connectivity index (χ0v) is 11.1. The largest absolute Gasteiger partial charge is 0.444 e. The third-order valence-corrected chi connectivity index (χ3v) is 2.98. The van der Waals surface area contributed by atoms with E-state index in [1.807, 2.05) is 27.7 Å². The van der Waals surface area contributed by atoms with E-state index in [9.17, 15) is 9.59 Å². The Morgan fingerprint density at radius 3 is 2.47 bits per heavy atom. The van der Waals surface area contributed by atoms with Crippen LogP contribution in [0.15, 0.2) is 0 Å². The quantitative estimate of drug-likeness (QED) is 0.788. The molecule has 5 nitrogen and oxygen atoms in total. The van der Waals surface area contributed by atoms with Crippen molar-refractivity contribution < 1.29 is 14.3 Å². The molecule has 1 aliphatic rings. The molecular weight excluding hydrogens is 220 g/mol. The van der Waals surface area contributed by atoms with Crippen molar-refractivity contribution >= 4 is 11.9 Å². The lowest BCUT2D eigenvalue weighted by Gasteiger charge is -2.26. The summed E-state index contributed by atoms with van der Waals surface area (Å²) < 4.78 is 5.27. The van der Waals surface area contributed by atoms with Crippen molar-refractivity contribution in [2.24, 2.45) is 11.1 Å². The van der Waals surface area contributed by atoms with Crippen molar-refractivity contribution in [3.05, 3.63) is 0 Å². The first kappa shape index (κ1) is 14.0. The molecule has 0 bridgehead atoms. The first-order valence-corrected chi connectivity index (χ1v) is 5.89. The van der Waals surface area contributed by atoms with Crippen LogP contribution >= 0.6 is 0 Å². The smallest absolute Gasteiger partial charge is 0.410 e. The standard InChI is InChI=1S/C12H22N2O3/c1-11(2,3)17-10(16)14-6-5-12(4,8-14)9(15)7-13/h5-8,13H2,1-4H3. The zero-order valence-electron chi connectivity index (χ0n) is 11.1. The third kappa shape index (κ3) is 3.43. The number of amides is 1. The first-order valence-electron chi connectivity index (χ1n) is 5.89. The van der Waals surface area contributed by atoms with Crippen molar-refractivity contribution in [1.82, 2.24) is 4.90 Å². The van der Waals surface area contributed by atoms with Crippen molar-refractivity contribution in [3.63, 3.8) is 0 Å². The molecule has 0 spiro atoms. The number of ether oxygens (including phenoxy) is 1. The van der Waals surface area contributed by atoms with Crippen LogP contribution in [0.5, 0.6) is 0 Å². The number of hydrogen-bond acceptors (Lipinski definition) is 4. The molecule has 17 heavy (non-hydrogen) atoms. The highest BCUT2D eigenvalue weighted by Crippen LogP contribution is 2.31. The van der Waals surface area contributed by atoms with Gasteiger partial charge in [-0.25, -0.2) is 4.79 Å². The molecule has 2 N–H and O–H groups in total. The maximum Gasteiger partial charge on any atom is 0.410 e. The number of ketones is 1. The fourth-order valence-electron chi connectivity index (χ4n) is 1.92. The average Bonchev–Trinajstić information content (AvgIpc) is 2.58. The van der Waals surface area contributed by atoms with Gasteiger partial charge in [0.05, 0.1) is 6.54 Å². The molecule has 1 rings (SSSR count). The molecule has 0 aliphatic carbocycles. The van der Waals surface area contributed by atoms with Gasteiger partial charge in [0.1, 0.15) is 5.60 Å². The molecule has 0 aromatic carbocycles. The van der Waals surface area contributed by atoms with E-state index in [-0.39, 0.29) is 18.4 Å². The molecule has 1 saturated heterocycles. The van der Waals surface area contributed by atoms with Gasteiger partial charge in [-0.05, 0) is 27.2 Å². The Morgan fingerprint density at radius 1 is 1.41 bits per heavy atom. The Labute approximate surface area is 102 Å². The van der Waals surface area contributed by atoms with E-state index >= 15 is 0 Å². The maximum atomic E-state index is 11.8. The number of likely N-dealkylation sites (tertiary alicyclic amines) is 1. The van der Waals surface area contributed by atoms with E-state index in [4.69, 9.17) is 10.5 Å². The molecule has 0 aromatic rings. The Morgan fingerprint density at radius 2 is 2.00 bits per heavy atom. The molecule has 1 aliphatic heterocycles. The average molecular weight is 242 g/mol. The van der Waals surface area contributed by atoms with E-state index in [2.05, 4.69) is 0 Å². The van der Waals surface area contributed by atoms with Crippen molar-refractivity contribution in [3.8, 4) is 0 Å². The summed E-state index contributed by atoms with van der Waals surface area (Å²) in [6, 6.07) is 0. The molecule has 0 saturated carbocycles. The Kier molecular flexibility index (Phi) is 3.81. The second kappa shape index (κ2) is 4.64. The molecule has 1 atom stereocenters.